The van der Waals surface area contributed by atoms with Crippen LogP contribution in [0, 0.1) is 0 Å². The number of allylic oxidation sites excluding steroid dienone is 8. The molecule has 0 N–H and O–H groups in total. The van der Waals surface area contributed by atoms with Crippen LogP contribution in [0.15, 0.2) is 133 Å². The van der Waals surface area contributed by atoms with E-state index in [1.807, 2.05) is 0 Å². The van der Waals surface area contributed by atoms with Crippen LogP contribution in [0.4, 0.5) is 28.4 Å². The molecule has 56 heavy (non-hydrogen) atoms. The molecule has 278 valence electrons. The third-order valence-electron chi connectivity index (χ3n) is 14.7. The number of hydrogen-bond donors (Lipinski definition) is 0. The Morgan fingerprint density at radius 2 is 1.07 bits per heavy atom. The second-order valence-corrected chi connectivity index (χ2v) is 19.2. The number of anilines is 5. The van der Waals surface area contributed by atoms with Gasteiger partial charge in [0.05, 0.1) is 17.1 Å². The Hall–Kier alpha value is -5.34. The van der Waals surface area contributed by atoms with Crippen LogP contribution in [0.1, 0.15) is 126 Å². The molecule has 3 aliphatic carbocycles. The Balaban J connectivity index is 1.11. The molecule has 11 rings (SSSR count). The molecular weight excluding hydrogens is 677 g/mol. The standard InChI is InChI=1S/C54H52N2/c1-51(2)40-22-13-12-21-38(40)39-28-27-34(30-45(39)51)33-17-14-20-36(29-33)55(35-18-10-9-11-19-35)37-31-46-50-47(32-37)54(7,8)44-26-16-24-42-49(44)56(50)48-41(52(42,3)4)23-15-25-43(48)53(46,5)6/h9-10,13-18,20,22-32H,11-12,19,21H2,1-8H3. The molecule has 0 atom stereocenters. The summed E-state index contributed by atoms with van der Waals surface area (Å²) in [5.74, 6) is 0. The summed E-state index contributed by atoms with van der Waals surface area (Å²) in [6, 6.07) is 35.8. The number of benzene rings is 5. The fourth-order valence-electron chi connectivity index (χ4n) is 11.6. The van der Waals surface area contributed by atoms with Crippen LogP contribution < -0.4 is 9.80 Å². The molecule has 0 saturated carbocycles. The maximum absolute atomic E-state index is 2.68. The highest BCUT2D eigenvalue weighted by atomic mass is 15.2. The number of fused-ring (bicyclic) bond motifs is 2. The van der Waals surface area contributed by atoms with Crippen molar-refractivity contribution in [1.82, 2.24) is 0 Å². The van der Waals surface area contributed by atoms with Crippen LogP contribution in [0.2, 0.25) is 0 Å². The maximum Gasteiger partial charge on any atom is 0.0545 e. The lowest BCUT2D eigenvalue weighted by Crippen LogP contribution is -2.43. The normalized spacial score (nSPS) is 20.3. The number of rotatable bonds is 4. The SMILES string of the molecule is CC1(C)C2=C(CCC=C2)c2ccc(-c3cccc(N(C4=CC=CCC4)c4cc5c6c(c4)C(C)(C)c4cccc7c4N6c4c(cccc4C5(C)C)C7(C)C)c3)cc21. The zero-order valence-electron chi connectivity index (χ0n) is 34.3. The minimum Gasteiger partial charge on any atom is -0.314 e. The highest BCUT2D eigenvalue weighted by Crippen LogP contribution is 2.66. The van der Waals surface area contributed by atoms with Crippen LogP contribution in [-0.2, 0) is 21.7 Å². The van der Waals surface area contributed by atoms with Crippen LogP contribution in [0.3, 0.4) is 0 Å². The van der Waals surface area contributed by atoms with Crippen molar-refractivity contribution in [2.24, 2.45) is 0 Å². The van der Waals surface area contributed by atoms with E-state index in [1.165, 1.54) is 95.3 Å². The molecule has 0 fully saturated rings. The second-order valence-electron chi connectivity index (χ2n) is 19.2. The summed E-state index contributed by atoms with van der Waals surface area (Å²) in [6.45, 7) is 19.5. The molecule has 0 spiro atoms. The van der Waals surface area contributed by atoms with Crippen LogP contribution in [0.25, 0.3) is 16.7 Å². The van der Waals surface area contributed by atoms with Crippen LogP contribution in [-0.4, -0.2) is 0 Å². The lowest BCUT2D eigenvalue weighted by Gasteiger charge is -2.55. The molecule has 0 bridgehead atoms. The molecule has 6 aliphatic rings. The Morgan fingerprint density at radius 1 is 0.500 bits per heavy atom. The smallest absolute Gasteiger partial charge is 0.0545 e. The quantitative estimate of drug-likeness (QED) is 0.182. The molecule has 2 heteroatoms. The second kappa shape index (κ2) is 11.2. The predicted molar refractivity (Wildman–Crippen MR) is 236 cm³/mol. The van der Waals surface area contributed by atoms with Gasteiger partial charge in [-0.1, -0.05) is 140 Å². The van der Waals surface area contributed by atoms with Gasteiger partial charge in [-0.05, 0) is 129 Å². The lowest BCUT2D eigenvalue weighted by atomic mass is 9.61. The van der Waals surface area contributed by atoms with Gasteiger partial charge in [-0.15, -0.1) is 0 Å². The van der Waals surface area contributed by atoms with E-state index in [1.54, 1.807) is 5.57 Å². The van der Waals surface area contributed by atoms with Gasteiger partial charge in [0.25, 0.3) is 0 Å². The number of hydrogen-bond acceptors (Lipinski definition) is 2. The van der Waals surface area contributed by atoms with E-state index in [2.05, 4.69) is 187 Å². The molecule has 3 heterocycles. The summed E-state index contributed by atoms with van der Waals surface area (Å²) in [4.78, 5) is 5.26. The van der Waals surface area contributed by atoms with E-state index in [9.17, 15) is 0 Å². The number of para-hydroxylation sites is 2. The summed E-state index contributed by atoms with van der Waals surface area (Å²) in [5, 5.41) is 0. The van der Waals surface area contributed by atoms with Gasteiger partial charge in [-0.25, -0.2) is 0 Å². The molecule has 0 radical (unpaired) electrons. The molecule has 5 aromatic carbocycles. The predicted octanol–water partition coefficient (Wildman–Crippen LogP) is 14.5. The summed E-state index contributed by atoms with van der Waals surface area (Å²) in [7, 11) is 0. The van der Waals surface area contributed by atoms with E-state index in [-0.39, 0.29) is 21.7 Å². The van der Waals surface area contributed by atoms with Gasteiger partial charge in [0, 0.05) is 38.7 Å². The van der Waals surface area contributed by atoms with Gasteiger partial charge < -0.3 is 9.80 Å². The van der Waals surface area contributed by atoms with Crippen molar-refractivity contribution < 1.29 is 0 Å². The summed E-state index contributed by atoms with van der Waals surface area (Å²) in [5.41, 5.74) is 24.5. The molecule has 0 amide bonds. The average molecular weight is 729 g/mol. The molecule has 3 aliphatic heterocycles. The van der Waals surface area contributed by atoms with Crippen molar-refractivity contribution >= 4 is 34.0 Å². The molecule has 0 unspecified atom stereocenters. The minimum atomic E-state index is -0.203. The van der Waals surface area contributed by atoms with Crippen molar-refractivity contribution in [2.75, 3.05) is 9.80 Å². The van der Waals surface area contributed by atoms with Gasteiger partial charge in [0.15, 0.2) is 0 Å². The third-order valence-corrected chi connectivity index (χ3v) is 14.7. The van der Waals surface area contributed by atoms with E-state index in [0.717, 1.165) is 25.7 Å². The van der Waals surface area contributed by atoms with Crippen molar-refractivity contribution in [2.45, 2.75) is 103 Å². The van der Waals surface area contributed by atoms with Gasteiger partial charge >= 0.3 is 0 Å². The van der Waals surface area contributed by atoms with Gasteiger partial charge in [-0.3, -0.25) is 0 Å². The first-order valence-electron chi connectivity index (χ1n) is 20.9. The summed E-state index contributed by atoms with van der Waals surface area (Å²) >= 11 is 0. The first kappa shape index (κ1) is 34.0. The molecule has 2 nitrogen and oxygen atoms in total. The van der Waals surface area contributed by atoms with Gasteiger partial charge in [-0.2, -0.15) is 0 Å². The largest absolute Gasteiger partial charge is 0.314 e. The molecule has 0 saturated heterocycles. The van der Waals surface area contributed by atoms with Crippen molar-refractivity contribution in [3.63, 3.8) is 0 Å². The zero-order valence-corrected chi connectivity index (χ0v) is 34.3. The van der Waals surface area contributed by atoms with Crippen molar-refractivity contribution in [1.29, 1.82) is 0 Å². The zero-order chi connectivity index (χ0) is 38.5. The van der Waals surface area contributed by atoms with E-state index < -0.39 is 0 Å². The fourth-order valence-corrected chi connectivity index (χ4v) is 11.6. The highest BCUT2D eigenvalue weighted by Gasteiger charge is 2.52. The Kier molecular flexibility index (Phi) is 6.76. The van der Waals surface area contributed by atoms with E-state index >= 15 is 0 Å². The monoisotopic (exact) mass is 728 g/mol. The average Bonchev–Trinajstić information content (AvgIpc) is 3.43. The maximum atomic E-state index is 2.68. The Labute approximate surface area is 333 Å². The first-order valence-corrected chi connectivity index (χ1v) is 20.9. The molecule has 5 aromatic rings. The van der Waals surface area contributed by atoms with Crippen molar-refractivity contribution in [3.05, 3.63) is 177 Å². The van der Waals surface area contributed by atoms with E-state index in [0.29, 0.717) is 0 Å². The van der Waals surface area contributed by atoms with Crippen LogP contribution >= 0.6 is 0 Å². The third kappa shape index (κ3) is 4.28. The molecular formula is C54H52N2. The minimum absolute atomic E-state index is 0.00742. The number of nitrogens with zero attached hydrogens (tertiary/aromatic N) is 2. The summed E-state index contributed by atoms with van der Waals surface area (Å²) in [6.07, 6.45) is 16.0. The Bertz CT molecular complexity index is 2610. The van der Waals surface area contributed by atoms with Crippen molar-refractivity contribution in [3.8, 4) is 11.1 Å². The first-order chi connectivity index (χ1) is 26.8. The fraction of sp³-hybridized carbons (Fsp3) is 0.296. The lowest BCUT2D eigenvalue weighted by molar-refractivity contribution is 0.566. The Morgan fingerprint density at radius 3 is 1.70 bits per heavy atom. The molecule has 0 aromatic heterocycles. The summed E-state index contributed by atoms with van der Waals surface area (Å²) < 4.78 is 0. The van der Waals surface area contributed by atoms with Crippen LogP contribution in [0.5, 0.6) is 0 Å². The van der Waals surface area contributed by atoms with Gasteiger partial charge in [0.1, 0.15) is 0 Å². The van der Waals surface area contributed by atoms with Gasteiger partial charge in [0.2, 0.25) is 0 Å². The van der Waals surface area contributed by atoms with E-state index in [4.69, 9.17) is 0 Å². The topological polar surface area (TPSA) is 6.48 Å². The highest BCUT2D eigenvalue weighted by molar-refractivity contribution is 5.99.